The summed E-state index contributed by atoms with van der Waals surface area (Å²) in [6, 6.07) is 15.1. The Labute approximate surface area is 224 Å². The molecule has 3 rings (SSSR count). The van der Waals surface area contributed by atoms with Gasteiger partial charge in [0.05, 0.1) is 12.1 Å². The maximum atomic E-state index is 13.1. The van der Waals surface area contributed by atoms with Crippen molar-refractivity contribution in [2.24, 2.45) is 5.92 Å². The van der Waals surface area contributed by atoms with Gasteiger partial charge in [-0.2, -0.15) is 0 Å². The number of carbonyl (C=O) groups excluding carboxylic acids is 4. The van der Waals surface area contributed by atoms with Gasteiger partial charge in [0, 0.05) is 13.0 Å². The molecule has 0 fully saturated rings. The van der Waals surface area contributed by atoms with Crippen LogP contribution in [0.1, 0.15) is 55.5 Å². The van der Waals surface area contributed by atoms with E-state index in [-0.39, 0.29) is 55.2 Å². The van der Waals surface area contributed by atoms with Crippen molar-refractivity contribution in [2.45, 2.75) is 58.0 Å². The van der Waals surface area contributed by atoms with Gasteiger partial charge in [-0.15, -0.1) is 0 Å². The highest BCUT2D eigenvalue weighted by molar-refractivity contribution is 5.99. The van der Waals surface area contributed by atoms with Gasteiger partial charge in [-0.25, -0.2) is 0 Å². The lowest BCUT2D eigenvalue weighted by Crippen LogP contribution is -2.49. The number of hydrogen-bond donors (Lipinski definition) is 4. The van der Waals surface area contributed by atoms with Crippen LogP contribution in [0.15, 0.2) is 54.6 Å². The van der Waals surface area contributed by atoms with Gasteiger partial charge >= 0.3 is 0 Å². The Kier molecular flexibility index (Phi) is 11.1. The van der Waals surface area contributed by atoms with Crippen LogP contribution in [0.2, 0.25) is 0 Å². The number of carbonyl (C=O) groups is 4. The second kappa shape index (κ2) is 14.8. The summed E-state index contributed by atoms with van der Waals surface area (Å²) in [5.41, 5.74) is 1.45. The molecule has 0 unspecified atom stereocenters. The Morgan fingerprint density at radius 2 is 1.76 bits per heavy atom. The average molecular weight is 523 g/mol. The molecule has 38 heavy (non-hydrogen) atoms. The molecular formula is C29H38N4O5. The first-order chi connectivity index (χ1) is 18.3. The molecule has 1 aliphatic heterocycles. The molecule has 4 N–H and O–H groups in total. The first kappa shape index (κ1) is 28.7. The fourth-order valence-corrected chi connectivity index (χ4v) is 4.26. The van der Waals surface area contributed by atoms with Crippen molar-refractivity contribution in [2.75, 3.05) is 19.7 Å². The van der Waals surface area contributed by atoms with Crippen LogP contribution in [0.4, 0.5) is 0 Å². The largest absolute Gasteiger partial charge is 0.491 e. The summed E-state index contributed by atoms with van der Waals surface area (Å²) >= 11 is 0. The van der Waals surface area contributed by atoms with Crippen molar-refractivity contribution >= 4 is 23.6 Å². The molecular weight excluding hydrogens is 484 g/mol. The van der Waals surface area contributed by atoms with Crippen LogP contribution in [-0.2, 0) is 20.8 Å². The van der Waals surface area contributed by atoms with E-state index in [9.17, 15) is 19.2 Å². The first-order valence-electron chi connectivity index (χ1n) is 13.2. The quantitative estimate of drug-likeness (QED) is 0.416. The summed E-state index contributed by atoms with van der Waals surface area (Å²) < 4.78 is 5.77. The maximum Gasteiger partial charge on any atom is 0.255 e. The van der Waals surface area contributed by atoms with E-state index in [4.69, 9.17) is 4.74 Å². The summed E-state index contributed by atoms with van der Waals surface area (Å²) in [6.07, 6.45) is 2.08. The second-order valence-corrected chi connectivity index (χ2v) is 9.83. The molecule has 0 radical (unpaired) electrons. The lowest BCUT2D eigenvalue weighted by Gasteiger charge is -2.21. The van der Waals surface area contributed by atoms with Gasteiger partial charge in [0.2, 0.25) is 17.7 Å². The minimum Gasteiger partial charge on any atom is -0.491 e. The summed E-state index contributed by atoms with van der Waals surface area (Å²) in [7, 11) is 0. The Morgan fingerprint density at radius 3 is 2.53 bits per heavy atom. The lowest BCUT2D eigenvalue weighted by molar-refractivity contribution is -0.130. The molecule has 9 nitrogen and oxygen atoms in total. The van der Waals surface area contributed by atoms with Gasteiger partial charge in [-0.1, -0.05) is 56.3 Å². The Hall–Kier alpha value is -3.88. The molecule has 2 aromatic carbocycles. The van der Waals surface area contributed by atoms with Crippen molar-refractivity contribution < 1.29 is 23.9 Å². The molecule has 0 saturated heterocycles. The van der Waals surface area contributed by atoms with E-state index in [1.807, 2.05) is 44.2 Å². The number of hydrogen-bond acceptors (Lipinski definition) is 5. The van der Waals surface area contributed by atoms with E-state index in [1.54, 1.807) is 24.3 Å². The smallest absolute Gasteiger partial charge is 0.255 e. The molecule has 9 heteroatoms. The summed E-state index contributed by atoms with van der Waals surface area (Å²) in [5.74, 6) is -0.941. The van der Waals surface area contributed by atoms with Crippen LogP contribution < -0.4 is 26.0 Å². The molecule has 4 amide bonds. The Morgan fingerprint density at radius 1 is 1.03 bits per heavy atom. The highest BCUT2D eigenvalue weighted by Crippen LogP contribution is 2.18. The number of amides is 4. The zero-order chi connectivity index (χ0) is 27.3. The van der Waals surface area contributed by atoms with Crippen molar-refractivity contribution in [3.63, 3.8) is 0 Å². The van der Waals surface area contributed by atoms with Crippen LogP contribution in [-0.4, -0.2) is 55.4 Å². The maximum absolute atomic E-state index is 13.1. The standard InChI is InChI=1S/C29H38N4O5/c1-20(2)19-24-29(37)31-17-18-38-25-13-7-6-12-22(25)27(35)33-23(14-15-26(34)32-24)28(36)30-16-8-11-21-9-4-3-5-10-21/h3-7,9-10,12-13,20,23-24H,8,11,14-19H2,1-2H3,(H,30,36)(H,31,37)(H,32,34)(H,33,35)/t23-,24-/m0/s1. The Balaban J connectivity index is 1.72. The Bertz CT molecular complexity index is 1090. The van der Waals surface area contributed by atoms with Crippen molar-refractivity contribution in [3.8, 4) is 5.75 Å². The monoisotopic (exact) mass is 522 g/mol. The van der Waals surface area contributed by atoms with E-state index in [2.05, 4.69) is 21.3 Å². The van der Waals surface area contributed by atoms with E-state index in [1.165, 1.54) is 5.56 Å². The number of fused-ring (bicyclic) bond motifs is 1. The second-order valence-electron chi connectivity index (χ2n) is 9.83. The van der Waals surface area contributed by atoms with E-state index < -0.39 is 18.0 Å². The van der Waals surface area contributed by atoms with E-state index in [0.717, 1.165) is 12.8 Å². The minimum atomic E-state index is -0.930. The normalized spacial score (nSPS) is 19.1. The zero-order valence-corrected chi connectivity index (χ0v) is 22.1. The molecule has 204 valence electrons. The molecule has 0 bridgehead atoms. The summed E-state index contributed by atoms with van der Waals surface area (Å²) in [4.78, 5) is 51.7. The third kappa shape index (κ3) is 9.21. The van der Waals surface area contributed by atoms with Gasteiger partial charge in [0.25, 0.3) is 5.91 Å². The third-order valence-electron chi connectivity index (χ3n) is 6.22. The predicted molar refractivity (Wildman–Crippen MR) is 145 cm³/mol. The number of ether oxygens (including phenoxy) is 1. The van der Waals surface area contributed by atoms with Gasteiger partial charge in [-0.3, -0.25) is 19.2 Å². The van der Waals surface area contributed by atoms with Crippen LogP contribution in [0, 0.1) is 5.92 Å². The number of rotatable bonds is 7. The number of benzene rings is 2. The first-order valence-corrected chi connectivity index (χ1v) is 13.2. The number of aryl methyl sites for hydroxylation is 1. The SMILES string of the molecule is CC(C)C[C@@H]1NC(=O)CC[C@@H](C(=O)NCCCc2ccccc2)NC(=O)c2ccccc2OCCNC1=O. The highest BCUT2D eigenvalue weighted by atomic mass is 16.5. The molecule has 1 aliphatic rings. The van der Waals surface area contributed by atoms with Gasteiger partial charge in [-0.05, 0) is 49.3 Å². The van der Waals surface area contributed by atoms with Crippen molar-refractivity contribution in [1.82, 2.24) is 21.3 Å². The molecule has 2 atom stereocenters. The van der Waals surface area contributed by atoms with Crippen LogP contribution in [0.5, 0.6) is 5.75 Å². The average Bonchev–Trinajstić information content (AvgIpc) is 2.91. The molecule has 0 saturated carbocycles. The summed E-state index contributed by atoms with van der Waals surface area (Å²) in [6.45, 7) is 4.74. The topological polar surface area (TPSA) is 126 Å². The zero-order valence-electron chi connectivity index (χ0n) is 22.1. The van der Waals surface area contributed by atoms with E-state index >= 15 is 0 Å². The lowest BCUT2D eigenvalue weighted by atomic mass is 10.0. The number of nitrogens with one attached hydrogen (secondary N) is 4. The molecule has 0 aliphatic carbocycles. The van der Waals surface area contributed by atoms with Gasteiger partial charge < -0.3 is 26.0 Å². The number of para-hydroxylation sites is 1. The molecule has 1 heterocycles. The fourth-order valence-electron chi connectivity index (χ4n) is 4.26. The molecule has 2 aromatic rings. The summed E-state index contributed by atoms with van der Waals surface area (Å²) in [5, 5.41) is 11.3. The molecule has 0 aromatic heterocycles. The highest BCUT2D eigenvalue weighted by Gasteiger charge is 2.26. The van der Waals surface area contributed by atoms with Crippen molar-refractivity contribution in [3.05, 3.63) is 65.7 Å². The fraction of sp³-hybridized carbons (Fsp3) is 0.448. The van der Waals surface area contributed by atoms with E-state index in [0.29, 0.717) is 18.7 Å². The van der Waals surface area contributed by atoms with Gasteiger partial charge in [0.15, 0.2) is 0 Å². The molecule has 0 spiro atoms. The van der Waals surface area contributed by atoms with Crippen molar-refractivity contribution in [1.29, 1.82) is 0 Å². The predicted octanol–water partition coefficient (Wildman–Crippen LogP) is 2.35. The van der Waals surface area contributed by atoms with Crippen LogP contribution in [0.25, 0.3) is 0 Å². The van der Waals surface area contributed by atoms with Gasteiger partial charge in [0.1, 0.15) is 24.4 Å². The third-order valence-corrected chi connectivity index (χ3v) is 6.22. The minimum absolute atomic E-state index is 0.0254. The van der Waals surface area contributed by atoms with Crippen LogP contribution in [0.3, 0.4) is 0 Å². The van der Waals surface area contributed by atoms with Crippen LogP contribution >= 0.6 is 0 Å².